The molecule has 106 valence electrons. The highest BCUT2D eigenvalue weighted by atomic mass is 16.1. The lowest BCUT2D eigenvalue weighted by atomic mass is 10.1. The second-order valence-corrected chi connectivity index (χ2v) is 4.57. The van der Waals surface area contributed by atoms with Crippen molar-refractivity contribution in [1.82, 2.24) is 5.32 Å². The molecule has 0 radical (unpaired) electrons. The summed E-state index contributed by atoms with van der Waals surface area (Å²) in [4.78, 5) is 13.5. The van der Waals surface area contributed by atoms with Crippen molar-refractivity contribution >= 4 is 23.0 Å². The minimum atomic E-state index is -0.178. The van der Waals surface area contributed by atoms with Gasteiger partial charge in [-0.2, -0.15) is 5.26 Å². The van der Waals surface area contributed by atoms with Crippen molar-refractivity contribution in [2.75, 3.05) is 24.7 Å². The van der Waals surface area contributed by atoms with Crippen molar-refractivity contribution < 1.29 is 4.79 Å². The van der Waals surface area contributed by atoms with Gasteiger partial charge in [0.25, 0.3) is 5.91 Å². The highest BCUT2D eigenvalue weighted by molar-refractivity contribution is 5.96. The van der Waals surface area contributed by atoms with E-state index in [4.69, 9.17) is 11.0 Å². The second-order valence-electron chi connectivity index (χ2n) is 4.57. The average Bonchev–Trinajstić information content (AvgIpc) is 2.53. The fourth-order valence-electron chi connectivity index (χ4n) is 2.07. The summed E-state index contributed by atoms with van der Waals surface area (Å²) in [7, 11) is 3.44. The number of nitrogen functional groups attached to an aromatic ring is 1. The average molecular weight is 280 g/mol. The number of anilines is 3. The van der Waals surface area contributed by atoms with Gasteiger partial charge in [-0.05, 0) is 36.4 Å². The van der Waals surface area contributed by atoms with Gasteiger partial charge in [0.05, 0.1) is 23.0 Å². The van der Waals surface area contributed by atoms with E-state index < -0.39 is 0 Å². The molecule has 5 nitrogen and oxygen atoms in total. The Hall–Kier alpha value is -3.00. The van der Waals surface area contributed by atoms with Gasteiger partial charge >= 0.3 is 0 Å². The minimum Gasteiger partial charge on any atom is -0.397 e. The van der Waals surface area contributed by atoms with E-state index in [-0.39, 0.29) is 5.91 Å². The highest BCUT2D eigenvalue weighted by Crippen LogP contribution is 2.30. The normalized spacial score (nSPS) is 9.76. The van der Waals surface area contributed by atoms with Gasteiger partial charge in [-0.25, -0.2) is 0 Å². The highest BCUT2D eigenvalue weighted by Gasteiger charge is 2.11. The largest absolute Gasteiger partial charge is 0.397 e. The molecule has 0 aliphatic carbocycles. The molecule has 5 heteroatoms. The maximum atomic E-state index is 11.6. The van der Waals surface area contributed by atoms with E-state index in [2.05, 4.69) is 11.4 Å². The van der Waals surface area contributed by atoms with Crippen LogP contribution in [-0.4, -0.2) is 20.0 Å². The third-order valence-electron chi connectivity index (χ3n) is 3.24. The van der Waals surface area contributed by atoms with Crippen LogP contribution in [0.2, 0.25) is 0 Å². The molecule has 21 heavy (non-hydrogen) atoms. The van der Waals surface area contributed by atoms with Crippen LogP contribution >= 0.6 is 0 Å². The maximum Gasteiger partial charge on any atom is 0.251 e. The SMILES string of the molecule is CNC(=O)c1ccc(N(C)c2cccc(C#N)c2)c(N)c1. The Morgan fingerprint density at radius 1 is 1.29 bits per heavy atom. The lowest BCUT2D eigenvalue weighted by molar-refractivity contribution is 0.0963. The first-order chi connectivity index (χ1) is 10.1. The van der Waals surface area contributed by atoms with Crippen LogP contribution in [-0.2, 0) is 0 Å². The van der Waals surface area contributed by atoms with Crippen LogP contribution in [0.4, 0.5) is 17.1 Å². The molecule has 0 heterocycles. The summed E-state index contributed by atoms with van der Waals surface area (Å²) in [6, 6.07) is 14.5. The number of carbonyl (C=O) groups excluding carboxylic acids is 1. The number of rotatable bonds is 3. The first-order valence-electron chi connectivity index (χ1n) is 6.42. The molecule has 0 aliphatic rings. The van der Waals surface area contributed by atoms with E-state index in [0.29, 0.717) is 16.8 Å². The number of nitrogens with one attached hydrogen (secondary N) is 1. The molecule has 3 N–H and O–H groups in total. The molecular formula is C16H16N4O. The molecule has 0 aromatic heterocycles. The number of nitrogens with two attached hydrogens (primary N) is 1. The van der Waals surface area contributed by atoms with Crippen molar-refractivity contribution in [3.63, 3.8) is 0 Å². The van der Waals surface area contributed by atoms with Gasteiger partial charge in [0, 0.05) is 25.3 Å². The van der Waals surface area contributed by atoms with E-state index in [0.717, 1.165) is 11.4 Å². The third-order valence-corrected chi connectivity index (χ3v) is 3.24. The predicted octanol–water partition coefficient (Wildman–Crippen LogP) is 2.27. The van der Waals surface area contributed by atoms with Gasteiger partial charge in [0.2, 0.25) is 0 Å². The molecule has 0 fully saturated rings. The van der Waals surface area contributed by atoms with Crippen LogP contribution in [0, 0.1) is 11.3 Å². The van der Waals surface area contributed by atoms with Crippen LogP contribution in [0.15, 0.2) is 42.5 Å². The van der Waals surface area contributed by atoms with Crippen molar-refractivity contribution in [3.05, 3.63) is 53.6 Å². The number of nitriles is 1. The van der Waals surface area contributed by atoms with Crippen molar-refractivity contribution in [3.8, 4) is 6.07 Å². The van der Waals surface area contributed by atoms with E-state index >= 15 is 0 Å². The molecule has 2 aromatic rings. The summed E-state index contributed by atoms with van der Waals surface area (Å²) in [5, 5.41) is 11.5. The number of hydrogen-bond donors (Lipinski definition) is 2. The molecule has 0 bridgehead atoms. The van der Waals surface area contributed by atoms with E-state index in [1.807, 2.05) is 24.1 Å². The molecule has 1 amide bonds. The van der Waals surface area contributed by atoms with Crippen molar-refractivity contribution in [2.45, 2.75) is 0 Å². The van der Waals surface area contributed by atoms with Crippen molar-refractivity contribution in [2.24, 2.45) is 0 Å². The smallest absolute Gasteiger partial charge is 0.251 e. The van der Waals surface area contributed by atoms with Crippen LogP contribution < -0.4 is 16.0 Å². The van der Waals surface area contributed by atoms with Gasteiger partial charge < -0.3 is 16.0 Å². The zero-order chi connectivity index (χ0) is 15.4. The van der Waals surface area contributed by atoms with Crippen molar-refractivity contribution in [1.29, 1.82) is 5.26 Å². The van der Waals surface area contributed by atoms with Gasteiger partial charge in [-0.3, -0.25) is 4.79 Å². The lowest BCUT2D eigenvalue weighted by Crippen LogP contribution is -2.18. The Balaban J connectivity index is 2.37. The maximum absolute atomic E-state index is 11.6. The molecule has 2 rings (SSSR count). The molecular weight excluding hydrogens is 264 g/mol. The Kier molecular flexibility index (Phi) is 4.10. The number of benzene rings is 2. The summed E-state index contributed by atoms with van der Waals surface area (Å²) in [6.45, 7) is 0. The molecule has 0 unspecified atom stereocenters. The van der Waals surface area contributed by atoms with Gasteiger partial charge in [-0.15, -0.1) is 0 Å². The van der Waals surface area contributed by atoms with Gasteiger partial charge in [0.1, 0.15) is 0 Å². The Morgan fingerprint density at radius 3 is 2.67 bits per heavy atom. The summed E-state index contributed by atoms with van der Waals surface area (Å²) in [5.74, 6) is -0.178. The van der Waals surface area contributed by atoms with Crippen LogP contribution in [0.1, 0.15) is 15.9 Å². The van der Waals surface area contributed by atoms with Gasteiger partial charge in [-0.1, -0.05) is 6.07 Å². The summed E-state index contributed by atoms with van der Waals surface area (Å²) >= 11 is 0. The molecule has 0 aliphatic heterocycles. The number of hydrogen-bond acceptors (Lipinski definition) is 4. The summed E-state index contributed by atoms with van der Waals surface area (Å²) in [5.41, 5.74) is 9.26. The number of carbonyl (C=O) groups is 1. The number of amides is 1. The van der Waals surface area contributed by atoms with Crippen LogP contribution in [0.3, 0.4) is 0 Å². The Morgan fingerprint density at radius 2 is 2.05 bits per heavy atom. The fraction of sp³-hybridized carbons (Fsp3) is 0.125. The summed E-state index contributed by atoms with van der Waals surface area (Å²) in [6.07, 6.45) is 0. The second kappa shape index (κ2) is 5.97. The quantitative estimate of drug-likeness (QED) is 0.845. The fourth-order valence-corrected chi connectivity index (χ4v) is 2.07. The molecule has 0 saturated heterocycles. The molecule has 0 spiro atoms. The molecule has 0 saturated carbocycles. The van der Waals surface area contributed by atoms with E-state index in [1.165, 1.54) is 0 Å². The Labute approximate surface area is 123 Å². The zero-order valence-corrected chi connectivity index (χ0v) is 11.9. The number of nitrogens with zero attached hydrogens (tertiary/aromatic N) is 2. The van der Waals surface area contributed by atoms with Gasteiger partial charge in [0.15, 0.2) is 0 Å². The van der Waals surface area contributed by atoms with E-state index in [9.17, 15) is 4.79 Å². The Bertz CT molecular complexity index is 718. The van der Waals surface area contributed by atoms with Crippen LogP contribution in [0.5, 0.6) is 0 Å². The zero-order valence-electron chi connectivity index (χ0n) is 11.9. The van der Waals surface area contributed by atoms with Crippen LogP contribution in [0.25, 0.3) is 0 Å². The molecule has 0 atom stereocenters. The predicted molar refractivity (Wildman–Crippen MR) is 83.5 cm³/mol. The third kappa shape index (κ3) is 2.95. The standard InChI is InChI=1S/C16H16N4O/c1-19-16(21)12-6-7-15(14(18)9-12)20(2)13-5-3-4-11(8-13)10-17/h3-9H,18H2,1-2H3,(H,19,21). The lowest BCUT2D eigenvalue weighted by Gasteiger charge is -2.21. The first-order valence-corrected chi connectivity index (χ1v) is 6.42. The molecule has 2 aromatic carbocycles. The minimum absolute atomic E-state index is 0.178. The summed E-state index contributed by atoms with van der Waals surface area (Å²) < 4.78 is 0. The van der Waals surface area contributed by atoms with E-state index in [1.54, 1.807) is 37.4 Å². The first kappa shape index (κ1) is 14.4. The monoisotopic (exact) mass is 280 g/mol. The topological polar surface area (TPSA) is 82.2 Å².